The number of ether oxygens (including phenoxy) is 2. The van der Waals surface area contributed by atoms with Crippen LogP contribution in [0.5, 0.6) is 5.75 Å². The van der Waals surface area contributed by atoms with Crippen molar-refractivity contribution in [2.24, 2.45) is 5.92 Å². The lowest BCUT2D eigenvalue weighted by molar-refractivity contribution is -0.135. The van der Waals surface area contributed by atoms with Gasteiger partial charge in [0.05, 0.1) is 13.0 Å². The molecule has 3 nitrogen and oxygen atoms in total. The van der Waals surface area contributed by atoms with Crippen LogP contribution in [-0.4, -0.2) is 19.2 Å². The first-order chi connectivity index (χ1) is 8.09. The van der Waals surface area contributed by atoms with Crippen molar-refractivity contribution in [2.45, 2.75) is 20.3 Å². The van der Waals surface area contributed by atoms with E-state index in [1.165, 1.54) is 12.1 Å². The third kappa shape index (κ3) is 5.45. The predicted octanol–water partition coefficient (Wildman–Crippen LogP) is 2.79. The number of hydrogen-bond acceptors (Lipinski definition) is 3. The van der Waals surface area contributed by atoms with Gasteiger partial charge in [0.15, 0.2) is 11.6 Å². The van der Waals surface area contributed by atoms with Crippen molar-refractivity contribution < 1.29 is 18.7 Å². The number of rotatable bonds is 6. The second-order valence-electron chi connectivity index (χ2n) is 4.12. The normalized spacial score (nSPS) is 10.6. The average molecular weight is 240 g/mol. The van der Waals surface area contributed by atoms with Gasteiger partial charge in [-0.25, -0.2) is 4.39 Å². The molecule has 0 N–H and O–H groups in total. The summed E-state index contributed by atoms with van der Waals surface area (Å²) >= 11 is 0. The van der Waals surface area contributed by atoms with Gasteiger partial charge in [0, 0.05) is 6.61 Å². The molecule has 1 rings (SSSR count). The van der Waals surface area contributed by atoms with Gasteiger partial charge >= 0.3 is 5.97 Å². The second-order valence-corrected chi connectivity index (χ2v) is 4.12. The minimum atomic E-state index is -0.538. The average Bonchev–Trinajstić information content (AvgIpc) is 2.27. The molecule has 0 saturated carbocycles. The molecule has 0 bridgehead atoms. The summed E-state index contributed by atoms with van der Waals surface area (Å²) in [5.41, 5.74) is 0. The lowest BCUT2D eigenvalue weighted by Gasteiger charge is -2.07. The topological polar surface area (TPSA) is 35.5 Å². The molecule has 0 spiro atoms. The molecule has 0 aliphatic carbocycles. The fraction of sp³-hybridized carbons (Fsp3) is 0.462. The van der Waals surface area contributed by atoms with Crippen LogP contribution in [0.2, 0.25) is 0 Å². The molecular weight excluding hydrogens is 223 g/mol. The zero-order valence-electron chi connectivity index (χ0n) is 10.1. The number of para-hydroxylation sites is 1. The van der Waals surface area contributed by atoms with E-state index in [4.69, 9.17) is 9.47 Å². The highest BCUT2D eigenvalue weighted by atomic mass is 19.1. The van der Waals surface area contributed by atoms with Crippen LogP contribution in [0.1, 0.15) is 20.3 Å². The third-order valence-corrected chi connectivity index (χ3v) is 1.96. The number of benzene rings is 1. The van der Waals surface area contributed by atoms with Gasteiger partial charge in [0.1, 0.15) is 0 Å². The Balaban J connectivity index is 2.28. The lowest BCUT2D eigenvalue weighted by atomic mass is 10.2. The standard InChI is InChI=1S/C13H17FO3/c1-10(2)9-16-8-7-13(15)17-12-6-4-3-5-11(12)14/h3-6,10H,7-9H2,1-2H3. The SMILES string of the molecule is CC(C)COCCC(=O)Oc1ccccc1F. The van der Waals surface area contributed by atoms with Gasteiger partial charge in [-0.05, 0) is 18.1 Å². The molecule has 0 aliphatic heterocycles. The maximum absolute atomic E-state index is 13.1. The highest BCUT2D eigenvalue weighted by Crippen LogP contribution is 2.15. The van der Waals surface area contributed by atoms with Gasteiger partial charge in [-0.1, -0.05) is 26.0 Å². The molecular formula is C13H17FO3. The summed E-state index contributed by atoms with van der Waals surface area (Å²) in [6.07, 6.45) is 0.126. The molecule has 94 valence electrons. The summed E-state index contributed by atoms with van der Waals surface area (Å²) in [4.78, 5) is 11.3. The maximum atomic E-state index is 13.1. The van der Waals surface area contributed by atoms with Gasteiger partial charge in [-0.15, -0.1) is 0 Å². The Morgan fingerprint density at radius 2 is 2.06 bits per heavy atom. The van der Waals surface area contributed by atoms with Crippen molar-refractivity contribution in [3.63, 3.8) is 0 Å². The summed E-state index contributed by atoms with van der Waals surface area (Å²) < 4.78 is 23.2. The minimum absolute atomic E-state index is 0.0404. The molecule has 1 aromatic rings. The van der Waals surface area contributed by atoms with Crippen LogP contribution < -0.4 is 4.74 Å². The van der Waals surface area contributed by atoms with Crippen molar-refractivity contribution in [1.82, 2.24) is 0 Å². The lowest BCUT2D eigenvalue weighted by Crippen LogP contribution is -2.13. The van der Waals surface area contributed by atoms with Crippen LogP contribution in [0, 0.1) is 11.7 Å². The van der Waals surface area contributed by atoms with Crippen LogP contribution in [-0.2, 0) is 9.53 Å². The third-order valence-electron chi connectivity index (χ3n) is 1.96. The molecule has 0 aliphatic rings. The highest BCUT2D eigenvalue weighted by molar-refractivity contribution is 5.72. The van der Waals surface area contributed by atoms with E-state index in [1.54, 1.807) is 12.1 Å². The van der Waals surface area contributed by atoms with Crippen LogP contribution in [0.15, 0.2) is 24.3 Å². The summed E-state index contributed by atoms with van der Waals surface area (Å²) in [5.74, 6) is -0.637. The number of esters is 1. The van der Waals surface area contributed by atoms with Gasteiger partial charge in [0.2, 0.25) is 0 Å². The fourth-order valence-corrected chi connectivity index (χ4v) is 1.18. The second kappa shape index (κ2) is 7.01. The van der Waals surface area contributed by atoms with Gasteiger partial charge in [-0.2, -0.15) is 0 Å². The Bertz CT molecular complexity index is 363. The number of hydrogen-bond donors (Lipinski definition) is 0. The van der Waals surface area contributed by atoms with Crippen molar-refractivity contribution in [3.05, 3.63) is 30.1 Å². The van der Waals surface area contributed by atoms with E-state index in [9.17, 15) is 9.18 Å². The number of carbonyl (C=O) groups is 1. The molecule has 0 radical (unpaired) electrons. The van der Waals surface area contributed by atoms with Crippen LogP contribution in [0.4, 0.5) is 4.39 Å². The summed E-state index contributed by atoms with van der Waals surface area (Å²) in [5, 5.41) is 0. The zero-order valence-corrected chi connectivity index (χ0v) is 10.1. The molecule has 0 heterocycles. The van der Waals surface area contributed by atoms with Crippen LogP contribution in [0.3, 0.4) is 0 Å². The quantitative estimate of drug-likeness (QED) is 0.436. The van der Waals surface area contributed by atoms with E-state index >= 15 is 0 Å². The zero-order chi connectivity index (χ0) is 12.7. The molecule has 4 heteroatoms. The summed E-state index contributed by atoms with van der Waals surface area (Å²) in [7, 11) is 0. The van der Waals surface area contributed by atoms with E-state index in [1.807, 2.05) is 13.8 Å². The first kappa shape index (κ1) is 13.6. The van der Waals surface area contributed by atoms with Gasteiger partial charge in [0.25, 0.3) is 0 Å². The molecule has 0 atom stereocenters. The molecule has 0 aromatic heterocycles. The van der Waals surface area contributed by atoms with Crippen LogP contribution in [0.25, 0.3) is 0 Å². The Hall–Kier alpha value is -1.42. The van der Waals surface area contributed by atoms with E-state index < -0.39 is 11.8 Å². The van der Waals surface area contributed by atoms with Crippen LogP contribution >= 0.6 is 0 Å². The van der Waals surface area contributed by atoms with Gasteiger partial charge < -0.3 is 9.47 Å². The molecule has 1 aromatic carbocycles. The molecule has 0 saturated heterocycles. The van der Waals surface area contributed by atoms with Gasteiger partial charge in [-0.3, -0.25) is 4.79 Å². The van der Waals surface area contributed by atoms with Crippen molar-refractivity contribution >= 4 is 5.97 Å². The van der Waals surface area contributed by atoms with E-state index in [0.29, 0.717) is 19.1 Å². The number of carbonyl (C=O) groups excluding carboxylic acids is 1. The summed E-state index contributed by atoms with van der Waals surface area (Å²) in [6, 6.07) is 5.82. The van der Waals surface area contributed by atoms with E-state index in [0.717, 1.165) is 0 Å². The van der Waals surface area contributed by atoms with E-state index in [2.05, 4.69) is 0 Å². The van der Waals surface area contributed by atoms with Crippen molar-refractivity contribution in [2.75, 3.05) is 13.2 Å². The Morgan fingerprint density at radius 1 is 1.35 bits per heavy atom. The molecule has 0 unspecified atom stereocenters. The molecule has 0 amide bonds. The summed E-state index contributed by atoms with van der Waals surface area (Å²) in [6.45, 7) is 4.95. The molecule has 0 fully saturated rings. The van der Waals surface area contributed by atoms with Crippen molar-refractivity contribution in [3.8, 4) is 5.75 Å². The fourth-order valence-electron chi connectivity index (χ4n) is 1.18. The van der Waals surface area contributed by atoms with Crippen molar-refractivity contribution in [1.29, 1.82) is 0 Å². The Labute approximate surface area is 101 Å². The monoisotopic (exact) mass is 240 g/mol. The predicted molar refractivity (Wildman–Crippen MR) is 62.3 cm³/mol. The van der Waals surface area contributed by atoms with E-state index in [-0.39, 0.29) is 12.2 Å². The Kier molecular flexibility index (Phi) is 5.63. The number of halogens is 1. The smallest absolute Gasteiger partial charge is 0.313 e. The first-order valence-electron chi connectivity index (χ1n) is 5.62. The Morgan fingerprint density at radius 3 is 2.71 bits per heavy atom. The maximum Gasteiger partial charge on any atom is 0.313 e. The first-order valence-corrected chi connectivity index (χ1v) is 5.62. The highest BCUT2D eigenvalue weighted by Gasteiger charge is 2.08. The minimum Gasteiger partial charge on any atom is -0.423 e. The largest absolute Gasteiger partial charge is 0.423 e. The molecule has 17 heavy (non-hydrogen) atoms.